The molecule has 0 fully saturated rings. The van der Waals surface area contributed by atoms with Crippen LogP contribution in [0.5, 0.6) is 0 Å². The van der Waals surface area contributed by atoms with Crippen molar-refractivity contribution in [1.82, 2.24) is 4.90 Å². The number of nitrogens with one attached hydrogen (secondary N) is 2. The summed E-state index contributed by atoms with van der Waals surface area (Å²) in [5, 5.41) is 9.13. The third kappa shape index (κ3) is 3.20. The first-order valence-electron chi connectivity index (χ1n) is 4.70. The van der Waals surface area contributed by atoms with Crippen molar-refractivity contribution in [2.75, 3.05) is 18.8 Å². The van der Waals surface area contributed by atoms with Crippen LogP contribution in [0.2, 0.25) is 0 Å². The van der Waals surface area contributed by atoms with Crippen molar-refractivity contribution in [2.24, 2.45) is 0 Å². The average molecular weight is 237 g/mol. The Morgan fingerprint density at radius 1 is 1.56 bits per heavy atom. The van der Waals surface area contributed by atoms with E-state index in [2.05, 4.69) is 11.3 Å². The Bertz CT molecular complexity index is 429. The molecule has 0 saturated heterocycles. The standard InChI is InChI=1S/C11H15N3OS/c1-4-16(15)13-10-7-5-6-9(8-10)11(12)14(2)3/h4-8,12-13H,1H2,2-3H3. The molecule has 0 aliphatic rings. The molecule has 1 atom stereocenters. The fraction of sp³-hybridized carbons (Fsp3) is 0.182. The molecule has 16 heavy (non-hydrogen) atoms. The summed E-state index contributed by atoms with van der Waals surface area (Å²) in [7, 11) is 2.34. The molecule has 0 aliphatic heterocycles. The van der Waals surface area contributed by atoms with Crippen molar-refractivity contribution in [3.63, 3.8) is 0 Å². The summed E-state index contributed by atoms with van der Waals surface area (Å²) in [5.74, 6) is 0.410. The molecule has 0 spiro atoms. The van der Waals surface area contributed by atoms with Gasteiger partial charge in [0.2, 0.25) is 0 Å². The lowest BCUT2D eigenvalue weighted by atomic mass is 10.2. The van der Waals surface area contributed by atoms with E-state index in [1.807, 2.05) is 26.2 Å². The molecule has 2 N–H and O–H groups in total. The first-order chi connectivity index (χ1) is 7.54. The quantitative estimate of drug-likeness (QED) is 0.619. The van der Waals surface area contributed by atoms with Gasteiger partial charge < -0.3 is 9.62 Å². The number of rotatable bonds is 4. The van der Waals surface area contributed by atoms with Crippen LogP contribution in [0.4, 0.5) is 5.69 Å². The van der Waals surface area contributed by atoms with E-state index in [9.17, 15) is 4.21 Å². The lowest BCUT2D eigenvalue weighted by Crippen LogP contribution is -2.21. The Balaban J connectivity index is 2.91. The number of nitrogens with zero attached hydrogens (tertiary/aromatic N) is 1. The molecule has 0 amide bonds. The molecule has 0 heterocycles. The number of anilines is 1. The van der Waals surface area contributed by atoms with Crippen molar-refractivity contribution in [2.45, 2.75) is 0 Å². The Morgan fingerprint density at radius 2 is 2.25 bits per heavy atom. The summed E-state index contributed by atoms with van der Waals surface area (Å²) in [6, 6.07) is 7.23. The van der Waals surface area contributed by atoms with Gasteiger partial charge in [0.1, 0.15) is 16.8 Å². The molecule has 0 radical (unpaired) electrons. The van der Waals surface area contributed by atoms with E-state index in [0.717, 1.165) is 5.56 Å². The molecule has 0 bridgehead atoms. The molecule has 1 aromatic carbocycles. The maximum absolute atomic E-state index is 11.2. The minimum Gasteiger partial charge on any atom is -0.363 e. The Kier molecular flexibility index (Phi) is 4.25. The largest absolute Gasteiger partial charge is 0.363 e. The Labute approximate surface area is 98.1 Å². The second kappa shape index (κ2) is 5.46. The zero-order valence-corrected chi connectivity index (χ0v) is 10.2. The van der Waals surface area contributed by atoms with Gasteiger partial charge in [0.15, 0.2) is 0 Å². The normalized spacial score (nSPS) is 11.6. The van der Waals surface area contributed by atoms with Crippen LogP contribution in [0.1, 0.15) is 5.56 Å². The van der Waals surface area contributed by atoms with Gasteiger partial charge in [0, 0.05) is 30.8 Å². The van der Waals surface area contributed by atoms with E-state index < -0.39 is 11.0 Å². The van der Waals surface area contributed by atoms with Gasteiger partial charge in [-0.25, -0.2) is 4.21 Å². The third-order valence-electron chi connectivity index (χ3n) is 1.95. The van der Waals surface area contributed by atoms with E-state index in [0.29, 0.717) is 11.5 Å². The molecular formula is C11H15N3OS. The number of amidine groups is 1. The van der Waals surface area contributed by atoms with Gasteiger partial charge in [-0.05, 0) is 12.1 Å². The maximum Gasteiger partial charge on any atom is 0.142 e. The SMILES string of the molecule is C=CS(=O)Nc1cccc(C(=N)N(C)C)c1. The summed E-state index contributed by atoms with van der Waals surface area (Å²) in [6.07, 6.45) is 0. The van der Waals surface area contributed by atoms with E-state index in [1.54, 1.807) is 17.0 Å². The van der Waals surface area contributed by atoms with Crippen LogP contribution in [-0.4, -0.2) is 29.0 Å². The van der Waals surface area contributed by atoms with Gasteiger partial charge in [-0.3, -0.25) is 5.41 Å². The number of benzene rings is 1. The fourth-order valence-corrected chi connectivity index (χ4v) is 1.59. The van der Waals surface area contributed by atoms with E-state index in [-0.39, 0.29) is 0 Å². The molecule has 0 saturated carbocycles. The van der Waals surface area contributed by atoms with Gasteiger partial charge in [-0.1, -0.05) is 18.7 Å². The average Bonchev–Trinajstić information content (AvgIpc) is 2.28. The maximum atomic E-state index is 11.2. The third-order valence-corrected chi connectivity index (χ3v) is 2.69. The molecule has 4 nitrogen and oxygen atoms in total. The van der Waals surface area contributed by atoms with Crippen LogP contribution >= 0.6 is 0 Å². The van der Waals surface area contributed by atoms with E-state index in [4.69, 9.17) is 5.41 Å². The molecule has 0 aromatic heterocycles. The summed E-state index contributed by atoms with van der Waals surface area (Å²) in [5.41, 5.74) is 1.48. The van der Waals surface area contributed by atoms with Gasteiger partial charge >= 0.3 is 0 Å². The van der Waals surface area contributed by atoms with Crippen molar-refractivity contribution in [3.05, 3.63) is 41.8 Å². The first-order valence-corrected chi connectivity index (χ1v) is 5.92. The second-order valence-corrected chi connectivity index (χ2v) is 4.52. The summed E-state index contributed by atoms with van der Waals surface area (Å²) in [4.78, 5) is 1.71. The molecule has 1 aromatic rings. The zero-order valence-electron chi connectivity index (χ0n) is 9.36. The van der Waals surface area contributed by atoms with Crippen LogP contribution in [0.25, 0.3) is 0 Å². The number of hydrogen-bond donors (Lipinski definition) is 2. The first kappa shape index (κ1) is 12.4. The fourth-order valence-electron chi connectivity index (χ4n) is 1.15. The highest BCUT2D eigenvalue weighted by molar-refractivity contribution is 7.89. The second-order valence-electron chi connectivity index (χ2n) is 3.39. The van der Waals surface area contributed by atoms with Crippen LogP contribution in [0, 0.1) is 5.41 Å². The van der Waals surface area contributed by atoms with Crippen LogP contribution in [0.3, 0.4) is 0 Å². The van der Waals surface area contributed by atoms with E-state index >= 15 is 0 Å². The van der Waals surface area contributed by atoms with Gasteiger partial charge in [-0.2, -0.15) is 0 Å². The van der Waals surface area contributed by atoms with Crippen LogP contribution < -0.4 is 4.72 Å². The van der Waals surface area contributed by atoms with Crippen molar-refractivity contribution < 1.29 is 4.21 Å². The summed E-state index contributed by atoms with van der Waals surface area (Å²) >= 11 is 0. The van der Waals surface area contributed by atoms with Crippen LogP contribution in [-0.2, 0) is 11.0 Å². The van der Waals surface area contributed by atoms with Crippen molar-refractivity contribution >= 4 is 22.5 Å². The highest BCUT2D eigenvalue weighted by Crippen LogP contribution is 2.12. The molecule has 86 valence electrons. The van der Waals surface area contributed by atoms with Gasteiger partial charge in [0.25, 0.3) is 0 Å². The molecular weight excluding hydrogens is 222 g/mol. The molecule has 1 rings (SSSR count). The van der Waals surface area contributed by atoms with Gasteiger partial charge in [0.05, 0.1) is 0 Å². The van der Waals surface area contributed by atoms with Crippen LogP contribution in [0.15, 0.2) is 36.3 Å². The predicted octanol–water partition coefficient (Wildman–Crippen LogP) is 1.79. The Morgan fingerprint density at radius 3 is 2.81 bits per heavy atom. The highest BCUT2D eigenvalue weighted by atomic mass is 32.2. The lowest BCUT2D eigenvalue weighted by Gasteiger charge is -2.14. The predicted molar refractivity (Wildman–Crippen MR) is 68.9 cm³/mol. The van der Waals surface area contributed by atoms with Gasteiger partial charge in [-0.15, -0.1) is 0 Å². The smallest absolute Gasteiger partial charge is 0.142 e. The minimum atomic E-state index is -1.28. The zero-order chi connectivity index (χ0) is 12.1. The van der Waals surface area contributed by atoms with E-state index in [1.165, 1.54) is 5.41 Å². The monoisotopic (exact) mass is 237 g/mol. The van der Waals surface area contributed by atoms with Crippen molar-refractivity contribution in [1.29, 1.82) is 5.41 Å². The number of hydrogen-bond acceptors (Lipinski definition) is 2. The molecule has 1 unspecified atom stereocenters. The minimum absolute atomic E-state index is 0.410. The lowest BCUT2D eigenvalue weighted by molar-refractivity contribution is 0.619. The molecule has 5 heteroatoms. The summed E-state index contributed by atoms with van der Waals surface area (Å²) in [6.45, 7) is 3.43. The molecule has 0 aliphatic carbocycles. The summed E-state index contributed by atoms with van der Waals surface area (Å²) < 4.78 is 14.0. The van der Waals surface area contributed by atoms with Crippen molar-refractivity contribution in [3.8, 4) is 0 Å². The topological polar surface area (TPSA) is 56.2 Å². The highest BCUT2D eigenvalue weighted by Gasteiger charge is 2.04. The Hall–Kier alpha value is -1.62.